The maximum atomic E-state index is 13.6. The minimum absolute atomic E-state index is 0.0986. The number of carbonyl (C=O) groups is 2. The van der Waals surface area contributed by atoms with Gasteiger partial charge in [0.05, 0.1) is 5.69 Å². The van der Waals surface area contributed by atoms with Crippen LogP contribution < -0.4 is 15.4 Å². The molecule has 3 rings (SSSR count). The maximum Gasteiger partial charge on any atom is 0.262 e. The molecule has 0 heterocycles. The molecule has 0 saturated heterocycles. The molecule has 0 radical (unpaired) electrons. The zero-order valence-electron chi connectivity index (χ0n) is 17.4. The summed E-state index contributed by atoms with van der Waals surface area (Å²) in [4.78, 5) is 24.4. The largest absolute Gasteiger partial charge is 0.484 e. The summed E-state index contributed by atoms with van der Waals surface area (Å²) in [5.74, 6) is -0.790. The molecular weight excluding hydrogens is 395 g/mol. The third kappa shape index (κ3) is 6.67. The molecule has 31 heavy (non-hydrogen) atoms. The molecule has 0 unspecified atom stereocenters. The topological polar surface area (TPSA) is 67.4 Å². The van der Waals surface area contributed by atoms with Gasteiger partial charge in [0.1, 0.15) is 11.6 Å². The summed E-state index contributed by atoms with van der Waals surface area (Å²) in [6.45, 7) is 1.88. The highest BCUT2D eigenvalue weighted by Gasteiger charge is 2.09. The number of carbonyl (C=O) groups excluding carboxylic acids is 2. The maximum absolute atomic E-state index is 13.6. The van der Waals surface area contributed by atoms with Crippen LogP contribution in [0.1, 0.15) is 35.7 Å². The highest BCUT2D eigenvalue weighted by molar-refractivity contribution is 6.04. The first-order valence-electron chi connectivity index (χ1n) is 10.2. The zero-order chi connectivity index (χ0) is 22.1. The lowest BCUT2D eigenvalue weighted by molar-refractivity contribution is -0.118. The first-order valence-corrected chi connectivity index (χ1v) is 10.2. The summed E-state index contributed by atoms with van der Waals surface area (Å²) < 4.78 is 19.0. The molecule has 2 N–H and O–H groups in total. The van der Waals surface area contributed by atoms with Crippen molar-refractivity contribution in [3.8, 4) is 5.75 Å². The summed E-state index contributed by atoms with van der Waals surface area (Å²) in [7, 11) is 0. The van der Waals surface area contributed by atoms with Gasteiger partial charge in [0.15, 0.2) is 6.61 Å². The second-order valence-electron chi connectivity index (χ2n) is 7.10. The Bertz CT molecular complexity index is 1020. The van der Waals surface area contributed by atoms with Gasteiger partial charge in [0.2, 0.25) is 0 Å². The molecule has 0 fully saturated rings. The molecule has 0 aliphatic heterocycles. The fourth-order valence-electron chi connectivity index (χ4n) is 2.94. The van der Waals surface area contributed by atoms with Crippen LogP contribution in [0.2, 0.25) is 0 Å². The molecule has 2 amide bonds. The summed E-state index contributed by atoms with van der Waals surface area (Å²) in [6.07, 6.45) is 3.32. The molecule has 0 aliphatic carbocycles. The Balaban J connectivity index is 1.49. The Hall–Kier alpha value is -3.67. The Morgan fingerprint density at radius 3 is 2.29 bits per heavy atom. The van der Waals surface area contributed by atoms with Crippen LogP contribution in [0.3, 0.4) is 0 Å². The van der Waals surface area contributed by atoms with Crippen molar-refractivity contribution >= 4 is 23.2 Å². The predicted molar refractivity (Wildman–Crippen MR) is 120 cm³/mol. The van der Waals surface area contributed by atoms with Crippen LogP contribution in [0, 0.1) is 5.82 Å². The van der Waals surface area contributed by atoms with Crippen LogP contribution in [0.4, 0.5) is 15.8 Å². The summed E-state index contributed by atoms with van der Waals surface area (Å²) in [5.41, 5.74) is 2.55. The van der Waals surface area contributed by atoms with E-state index < -0.39 is 11.7 Å². The van der Waals surface area contributed by atoms with Gasteiger partial charge in [-0.3, -0.25) is 9.59 Å². The molecule has 5 nitrogen and oxygen atoms in total. The van der Waals surface area contributed by atoms with Crippen LogP contribution >= 0.6 is 0 Å². The first-order chi connectivity index (χ1) is 15.0. The summed E-state index contributed by atoms with van der Waals surface area (Å²) in [6, 6.07) is 20.2. The Kier molecular flexibility index (Phi) is 7.76. The lowest BCUT2D eigenvalue weighted by atomic mass is 10.1. The van der Waals surface area contributed by atoms with Crippen molar-refractivity contribution < 1.29 is 18.7 Å². The average Bonchev–Trinajstić information content (AvgIpc) is 2.79. The molecule has 0 aromatic heterocycles. The van der Waals surface area contributed by atoms with Gasteiger partial charge in [-0.1, -0.05) is 37.6 Å². The smallest absolute Gasteiger partial charge is 0.262 e. The normalized spacial score (nSPS) is 10.4. The number of hydrogen-bond acceptors (Lipinski definition) is 3. The summed E-state index contributed by atoms with van der Waals surface area (Å²) in [5, 5.41) is 5.31. The van der Waals surface area contributed by atoms with E-state index in [0.29, 0.717) is 11.3 Å². The van der Waals surface area contributed by atoms with Gasteiger partial charge in [0, 0.05) is 11.3 Å². The molecule has 0 aliphatic rings. The Labute approximate surface area is 181 Å². The highest BCUT2D eigenvalue weighted by atomic mass is 19.1. The van der Waals surface area contributed by atoms with E-state index in [-0.39, 0.29) is 18.2 Å². The van der Waals surface area contributed by atoms with Crippen LogP contribution in [-0.4, -0.2) is 18.4 Å². The van der Waals surface area contributed by atoms with E-state index in [2.05, 4.69) is 17.6 Å². The Morgan fingerprint density at radius 1 is 0.903 bits per heavy atom. The van der Waals surface area contributed by atoms with E-state index in [1.807, 2.05) is 24.3 Å². The van der Waals surface area contributed by atoms with Crippen LogP contribution in [0.15, 0.2) is 72.8 Å². The first kappa shape index (κ1) is 22.0. The Morgan fingerprint density at radius 2 is 1.61 bits per heavy atom. The second kappa shape index (κ2) is 10.9. The van der Waals surface area contributed by atoms with Crippen molar-refractivity contribution in [2.75, 3.05) is 17.2 Å². The molecule has 160 valence electrons. The molecule has 0 bridgehead atoms. The van der Waals surface area contributed by atoms with Crippen molar-refractivity contribution in [1.82, 2.24) is 0 Å². The number of amides is 2. The highest BCUT2D eigenvalue weighted by Crippen LogP contribution is 2.16. The number of benzene rings is 3. The molecule has 0 saturated carbocycles. The number of halogens is 1. The van der Waals surface area contributed by atoms with Gasteiger partial charge in [-0.2, -0.15) is 0 Å². The third-order valence-electron chi connectivity index (χ3n) is 4.67. The minimum atomic E-state index is -0.512. The number of unbranched alkanes of at least 4 members (excludes halogenated alkanes) is 1. The van der Waals surface area contributed by atoms with E-state index in [1.54, 1.807) is 36.4 Å². The van der Waals surface area contributed by atoms with Gasteiger partial charge in [0.25, 0.3) is 11.8 Å². The van der Waals surface area contributed by atoms with Gasteiger partial charge < -0.3 is 15.4 Å². The monoisotopic (exact) mass is 420 g/mol. The molecule has 0 atom stereocenters. The number of rotatable bonds is 9. The van der Waals surface area contributed by atoms with Crippen LogP contribution in [0.25, 0.3) is 0 Å². The third-order valence-corrected chi connectivity index (χ3v) is 4.67. The van der Waals surface area contributed by atoms with Gasteiger partial charge in [-0.05, 0) is 66.9 Å². The van der Waals surface area contributed by atoms with E-state index in [4.69, 9.17) is 4.74 Å². The van der Waals surface area contributed by atoms with Crippen molar-refractivity contribution in [3.63, 3.8) is 0 Å². The lowest BCUT2D eigenvalue weighted by Crippen LogP contribution is -2.20. The number of aryl methyl sites for hydroxylation is 1. The number of nitrogens with one attached hydrogen (secondary N) is 2. The fraction of sp³-hybridized carbons (Fsp3) is 0.200. The second-order valence-corrected chi connectivity index (χ2v) is 7.10. The van der Waals surface area contributed by atoms with E-state index in [0.717, 1.165) is 24.9 Å². The standard InChI is InChI=1S/C25H25FN2O3/c1-2-3-6-18-9-13-20(14-10-18)27-25(30)19-11-15-21(16-12-19)31-17-24(29)28-23-8-5-4-7-22(23)26/h4-5,7-16H,2-3,6,17H2,1H3,(H,27,30)(H,28,29). The predicted octanol–water partition coefficient (Wildman–Crippen LogP) is 5.44. The SMILES string of the molecule is CCCCc1ccc(NC(=O)c2ccc(OCC(=O)Nc3ccccc3F)cc2)cc1. The van der Waals surface area contributed by atoms with Gasteiger partial charge in [-0.15, -0.1) is 0 Å². The molecular formula is C25H25FN2O3. The number of hydrogen-bond donors (Lipinski definition) is 2. The van der Waals surface area contributed by atoms with Crippen molar-refractivity contribution in [2.24, 2.45) is 0 Å². The number of ether oxygens (including phenoxy) is 1. The number of anilines is 2. The number of para-hydroxylation sites is 1. The molecule has 6 heteroatoms. The minimum Gasteiger partial charge on any atom is -0.484 e. The van der Waals surface area contributed by atoms with E-state index in [1.165, 1.54) is 17.7 Å². The van der Waals surface area contributed by atoms with E-state index in [9.17, 15) is 14.0 Å². The van der Waals surface area contributed by atoms with Gasteiger partial charge >= 0.3 is 0 Å². The van der Waals surface area contributed by atoms with Crippen LogP contribution in [0.5, 0.6) is 5.75 Å². The van der Waals surface area contributed by atoms with Crippen molar-refractivity contribution in [2.45, 2.75) is 26.2 Å². The lowest BCUT2D eigenvalue weighted by Gasteiger charge is -2.09. The quantitative estimate of drug-likeness (QED) is 0.484. The van der Waals surface area contributed by atoms with Crippen LogP contribution in [-0.2, 0) is 11.2 Å². The molecule has 3 aromatic rings. The molecule has 0 spiro atoms. The van der Waals surface area contributed by atoms with Crippen molar-refractivity contribution in [1.29, 1.82) is 0 Å². The molecule has 3 aromatic carbocycles. The summed E-state index contributed by atoms with van der Waals surface area (Å²) >= 11 is 0. The fourth-order valence-corrected chi connectivity index (χ4v) is 2.94. The van der Waals surface area contributed by atoms with E-state index >= 15 is 0 Å². The van der Waals surface area contributed by atoms with Crippen molar-refractivity contribution in [3.05, 3.63) is 89.7 Å². The average molecular weight is 420 g/mol. The zero-order valence-corrected chi connectivity index (χ0v) is 17.4. The van der Waals surface area contributed by atoms with Gasteiger partial charge in [-0.25, -0.2) is 4.39 Å².